The third-order valence-electron chi connectivity index (χ3n) is 4.37. The number of benzene rings is 1. The monoisotopic (exact) mass is 356 g/mol. The first-order chi connectivity index (χ1) is 12.3. The Morgan fingerprint density at radius 3 is 2.56 bits per heavy atom. The van der Waals surface area contributed by atoms with E-state index in [-0.39, 0.29) is 0 Å². The Bertz CT molecular complexity index is 793. The van der Waals surface area contributed by atoms with E-state index in [1.807, 2.05) is 29.6 Å². The normalized spacial score (nSPS) is 15.5. The van der Waals surface area contributed by atoms with Crippen LogP contribution in [0.4, 0.5) is 5.69 Å². The van der Waals surface area contributed by atoms with Crippen LogP contribution in [0.1, 0.15) is 5.89 Å². The third-order valence-corrected chi connectivity index (χ3v) is 5.23. The zero-order chi connectivity index (χ0) is 17.1. The molecule has 0 saturated carbocycles. The van der Waals surface area contributed by atoms with Gasteiger partial charge >= 0.3 is 0 Å². The van der Waals surface area contributed by atoms with Gasteiger partial charge in [-0.05, 0) is 35.7 Å². The topological polar surface area (TPSA) is 54.6 Å². The third kappa shape index (κ3) is 3.67. The number of ether oxygens (including phenoxy) is 1. The zero-order valence-corrected chi connectivity index (χ0v) is 14.9. The van der Waals surface area contributed by atoms with Gasteiger partial charge in [0.2, 0.25) is 5.89 Å². The maximum Gasteiger partial charge on any atom is 0.257 e. The minimum atomic E-state index is 0.613. The Morgan fingerprint density at radius 1 is 1.08 bits per heavy atom. The molecule has 3 heterocycles. The number of nitrogens with zero attached hydrogens (tertiary/aromatic N) is 4. The van der Waals surface area contributed by atoms with Crippen LogP contribution in [-0.2, 0) is 6.54 Å². The Kier molecular flexibility index (Phi) is 4.67. The van der Waals surface area contributed by atoms with Crippen molar-refractivity contribution in [2.75, 3.05) is 38.2 Å². The number of aromatic nitrogens is 2. The minimum Gasteiger partial charge on any atom is -0.497 e. The lowest BCUT2D eigenvalue weighted by Gasteiger charge is -2.35. The molecule has 0 bridgehead atoms. The smallest absolute Gasteiger partial charge is 0.257 e. The standard InChI is InChI=1S/C18H20N4O2S/c1-23-15-6-4-14(5-7-15)22-10-8-21(9-11-22)13-17-19-20-18(24-17)16-3-2-12-25-16/h2-7,12H,8-11,13H2,1H3. The quantitative estimate of drug-likeness (QED) is 0.700. The van der Waals surface area contributed by atoms with Crippen LogP contribution >= 0.6 is 11.3 Å². The van der Waals surface area contributed by atoms with E-state index in [2.05, 4.69) is 32.1 Å². The zero-order valence-electron chi connectivity index (χ0n) is 14.1. The Hall–Kier alpha value is -2.38. The summed E-state index contributed by atoms with van der Waals surface area (Å²) in [4.78, 5) is 5.76. The van der Waals surface area contributed by atoms with Crippen LogP contribution < -0.4 is 9.64 Å². The predicted octanol–water partition coefficient (Wildman–Crippen LogP) is 3.13. The number of hydrogen-bond acceptors (Lipinski definition) is 7. The molecule has 1 aromatic carbocycles. The van der Waals surface area contributed by atoms with Crippen LogP contribution in [0, 0.1) is 0 Å². The molecule has 0 aliphatic carbocycles. The van der Waals surface area contributed by atoms with E-state index in [1.54, 1.807) is 18.4 Å². The number of hydrogen-bond donors (Lipinski definition) is 0. The summed E-state index contributed by atoms with van der Waals surface area (Å²) in [6, 6.07) is 12.2. The van der Waals surface area contributed by atoms with Gasteiger partial charge in [-0.3, -0.25) is 4.90 Å². The SMILES string of the molecule is COc1ccc(N2CCN(Cc3nnc(-c4cccs4)o3)CC2)cc1. The van der Waals surface area contributed by atoms with E-state index < -0.39 is 0 Å². The largest absolute Gasteiger partial charge is 0.497 e. The lowest BCUT2D eigenvalue weighted by Crippen LogP contribution is -2.46. The molecule has 2 aromatic heterocycles. The van der Waals surface area contributed by atoms with E-state index in [4.69, 9.17) is 9.15 Å². The molecule has 6 nitrogen and oxygen atoms in total. The second-order valence-corrected chi connectivity index (χ2v) is 6.89. The van der Waals surface area contributed by atoms with Gasteiger partial charge in [-0.15, -0.1) is 21.5 Å². The second kappa shape index (κ2) is 7.25. The highest BCUT2D eigenvalue weighted by atomic mass is 32.1. The summed E-state index contributed by atoms with van der Waals surface area (Å²) in [5.74, 6) is 2.18. The van der Waals surface area contributed by atoms with Crippen LogP contribution in [0.2, 0.25) is 0 Å². The van der Waals surface area contributed by atoms with E-state index in [1.165, 1.54) is 5.69 Å². The molecule has 4 rings (SSSR count). The fraction of sp³-hybridized carbons (Fsp3) is 0.333. The van der Waals surface area contributed by atoms with Gasteiger partial charge in [-0.1, -0.05) is 6.07 Å². The van der Waals surface area contributed by atoms with Crippen LogP contribution in [0.3, 0.4) is 0 Å². The predicted molar refractivity (Wildman–Crippen MR) is 98.1 cm³/mol. The van der Waals surface area contributed by atoms with Gasteiger partial charge < -0.3 is 14.1 Å². The highest BCUT2D eigenvalue weighted by Crippen LogP contribution is 2.24. The summed E-state index contributed by atoms with van der Waals surface area (Å²) >= 11 is 1.61. The van der Waals surface area contributed by atoms with Crippen molar-refractivity contribution in [2.24, 2.45) is 0 Å². The van der Waals surface area contributed by atoms with Gasteiger partial charge in [0.1, 0.15) is 5.75 Å². The average Bonchev–Trinajstić information content (AvgIpc) is 3.34. The van der Waals surface area contributed by atoms with E-state index in [0.717, 1.165) is 36.8 Å². The number of anilines is 1. The molecule has 0 amide bonds. The molecule has 0 unspecified atom stereocenters. The van der Waals surface area contributed by atoms with Crippen LogP contribution in [0.15, 0.2) is 46.2 Å². The Balaban J connectivity index is 1.33. The molecule has 25 heavy (non-hydrogen) atoms. The first-order valence-corrected chi connectivity index (χ1v) is 9.17. The summed E-state index contributed by atoms with van der Waals surface area (Å²) in [5, 5.41) is 10.3. The Morgan fingerprint density at radius 2 is 1.88 bits per heavy atom. The molecule has 3 aromatic rings. The van der Waals surface area contributed by atoms with Crippen molar-refractivity contribution in [1.82, 2.24) is 15.1 Å². The highest BCUT2D eigenvalue weighted by Gasteiger charge is 2.19. The van der Waals surface area contributed by atoms with Gasteiger partial charge in [0.05, 0.1) is 18.5 Å². The van der Waals surface area contributed by atoms with Crippen molar-refractivity contribution in [2.45, 2.75) is 6.54 Å². The van der Waals surface area contributed by atoms with Gasteiger partial charge in [0, 0.05) is 31.9 Å². The summed E-state index contributed by atoms with van der Waals surface area (Å²) in [5.41, 5.74) is 1.23. The number of rotatable bonds is 5. The van der Waals surface area contributed by atoms with Gasteiger partial charge in [-0.2, -0.15) is 0 Å². The maximum atomic E-state index is 5.79. The second-order valence-electron chi connectivity index (χ2n) is 5.94. The lowest BCUT2D eigenvalue weighted by molar-refractivity contribution is 0.227. The fourth-order valence-electron chi connectivity index (χ4n) is 2.97. The average molecular weight is 356 g/mol. The van der Waals surface area contributed by atoms with E-state index in [0.29, 0.717) is 18.3 Å². The molecular weight excluding hydrogens is 336 g/mol. The van der Waals surface area contributed by atoms with Crippen LogP contribution in [0.5, 0.6) is 5.75 Å². The molecule has 0 atom stereocenters. The molecule has 1 aliphatic heterocycles. The molecule has 0 radical (unpaired) electrons. The molecule has 0 N–H and O–H groups in total. The number of methoxy groups -OCH3 is 1. The van der Waals surface area contributed by atoms with Crippen molar-refractivity contribution >= 4 is 17.0 Å². The molecule has 7 heteroatoms. The number of piperazine rings is 1. The van der Waals surface area contributed by atoms with Crippen LogP contribution in [0.25, 0.3) is 10.8 Å². The van der Waals surface area contributed by atoms with Crippen molar-refractivity contribution < 1.29 is 9.15 Å². The molecule has 1 fully saturated rings. The summed E-state index contributed by atoms with van der Waals surface area (Å²) in [7, 11) is 1.69. The number of thiophene rings is 1. The molecular formula is C18H20N4O2S. The minimum absolute atomic E-state index is 0.613. The van der Waals surface area contributed by atoms with Crippen molar-refractivity contribution in [3.63, 3.8) is 0 Å². The van der Waals surface area contributed by atoms with Gasteiger partial charge in [-0.25, -0.2) is 0 Å². The van der Waals surface area contributed by atoms with Gasteiger partial charge in [0.25, 0.3) is 5.89 Å². The summed E-state index contributed by atoms with van der Waals surface area (Å²) < 4.78 is 11.0. The maximum absolute atomic E-state index is 5.79. The Labute approximate surface area is 150 Å². The van der Waals surface area contributed by atoms with Crippen molar-refractivity contribution in [1.29, 1.82) is 0 Å². The van der Waals surface area contributed by atoms with Crippen molar-refractivity contribution in [3.05, 3.63) is 47.7 Å². The van der Waals surface area contributed by atoms with Gasteiger partial charge in [0.15, 0.2) is 0 Å². The fourth-order valence-corrected chi connectivity index (χ4v) is 3.61. The van der Waals surface area contributed by atoms with E-state index >= 15 is 0 Å². The molecule has 130 valence electrons. The highest BCUT2D eigenvalue weighted by molar-refractivity contribution is 7.13. The summed E-state index contributed by atoms with van der Waals surface area (Å²) in [6.07, 6.45) is 0. The molecule has 0 spiro atoms. The lowest BCUT2D eigenvalue weighted by atomic mass is 10.2. The summed E-state index contributed by atoms with van der Waals surface area (Å²) in [6.45, 7) is 4.62. The first-order valence-electron chi connectivity index (χ1n) is 8.29. The van der Waals surface area contributed by atoms with Crippen LogP contribution in [-0.4, -0.2) is 48.4 Å². The van der Waals surface area contributed by atoms with Crippen molar-refractivity contribution in [3.8, 4) is 16.5 Å². The molecule has 1 saturated heterocycles. The van der Waals surface area contributed by atoms with E-state index in [9.17, 15) is 0 Å². The first kappa shape index (κ1) is 16.1. The molecule has 1 aliphatic rings.